The lowest BCUT2D eigenvalue weighted by Crippen LogP contribution is -2.16. The van der Waals surface area contributed by atoms with Crippen LogP contribution in [0, 0.1) is 19.7 Å². The highest BCUT2D eigenvalue weighted by Gasteiger charge is 2.13. The summed E-state index contributed by atoms with van der Waals surface area (Å²) in [5, 5.41) is 6.18. The van der Waals surface area contributed by atoms with E-state index in [2.05, 4.69) is 20.6 Å². The van der Waals surface area contributed by atoms with Crippen LogP contribution in [-0.4, -0.2) is 15.9 Å². The van der Waals surface area contributed by atoms with Crippen molar-refractivity contribution < 1.29 is 9.18 Å². The minimum absolute atomic E-state index is 0.146. The second-order valence-electron chi connectivity index (χ2n) is 5.74. The Bertz CT molecular complexity index is 978. The van der Waals surface area contributed by atoms with Gasteiger partial charge in [0.1, 0.15) is 11.5 Å². The summed E-state index contributed by atoms with van der Waals surface area (Å²) in [4.78, 5) is 20.9. The molecule has 5 nitrogen and oxygen atoms in total. The third-order valence-corrected chi connectivity index (χ3v) is 3.88. The monoisotopic (exact) mass is 370 g/mol. The van der Waals surface area contributed by atoms with Crippen LogP contribution in [0.5, 0.6) is 0 Å². The molecule has 132 valence electrons. The van der Waals surface area contributed by atoms with Gasteiger partial charge in [0, 0.05) is 16.4 Å². The average Bonchev–Trinajstić information content (AvgIpc) is 2.59. The predicted molar refractivity (Wildman–Crippen MR) is 101 cm³/mol. The highest BCUT2D eigenvalue weighted by Crippen LogP contribution is 2.21. The Hall–Kier alpha value is -2.99. The van der Waals surface area contributed by atoms with E-state index in [4.69, 9.17) is 11.6 Å². The van der Waals surface area contributed by atoms with Gasteiger partial charge in [-0.3, -0.25) is 4.79 Å². The van der Waals surface area contributed by atoms with Gasteiger partial charge in [0.25, 0.3) is 5.91 Å². The van der Waals surface area contributed by atoms with Crippen molar-refractivity contribution in [3.8, 4) is 0 Å². The first-order valence-electron chi connectivity index (χ1n) is 7.87. The molecular formula is C19H16ClFN4O. The Balaban J connectivity index is 1.85. The number of hydrogen-bond donors (Lipinski definition) is 2. The number of anilines is 3. The molecule has 1 amide bonds. The van der Waals surface area contributed by atoms with Gasteiger partial charge < -0.3 is 10.6 Å². The Labute approximate surface area is 155 Å². The molecule has 0 atom stereocenters. The van der Waals surface area contributed by atoms with E-state index in [0.29, 0.717) is 16.4 Å². The lowest BCUT2D eigenvalue weighted by molar-refractivity contribution is 0.102. The lowest BCUT2D eigenvalue weighted by atomic mass is 10.2. The maximum absolute atomic E-state index is 13.8. The second kappa shape index (κ2) is 7.49. The van der Waals surface area contributed by atoms with Crippen LogP contribution in [-0.2, 0) is 0 Å². The Kier molecular flexibility index (Phi) is 5.14. The fourth-order valence-corrected chi connectivity index (χ4v) is 2.60. The first-order valence-corrected chi connectivity index (χ1v) is 8.25. The topological polar surface area (TPSA) is 66.9 Å². The highest BCUT2D eigenvalue weighted by molar-refractivity contribution is 6.30. The summed E-state index contributed by atoms with van der Waals surface area (Å²) >= 11 is 5.93. The number of rotatable bonds is 4. The molecule has 7 heteroatoms. The number of halogens is 2. The number of para-hydroxylation sites is 1. The smallest absolute Gasteiger partial charge is 0.274 e. The van der Waals surface area contributed by atoms with Crippen molar-refractivity contribution in [3.63, 3.8) is 0 Å². The fraction of sp³-hybridized carbons (Fsp3) is 0.105. The minimum Gasteiger partial charge on any atom is -0.322 e. The van der Waals surface area contributed by atoms with Crippen LogP contribution < -0.4 is 10.6 Å². The number of aryl methyl sites for hydroxylation is 2. The molecule has 0 saturated heterocycles. The number of aromatic nitrogens is 2. The van der Waals surface area contributed by atoms with Crippen molar-refractivity contribution >= 4 is 34.8 Å². The number of nitrogens with one attached hydrogen (secondary N) is 2. The number of benzene rings is 2. The predicted octanol–water partition coefficient (Wildman–Crippen LogP) is 4.88. The van der Waals surface area contributed by atoms with E-state index in [9.17, 15) is 9.18 Å². The van der Waals surface area contributed by atoms with Crippen LogP contribution in [0.1, 0.15) is 21.7 Å². The molecule has 0 fully saturated rings. The van der Waals surface area contributed by atoms with E-state index < -0.39 is 11.7 Å². The van der Waals surface area contributed by atoms with Gasteiger partial charge in [0.05, 0.1) is 5.69 Å². The zero-order valence-corrected chi connectivity index (χ0v) is 14.9. The molecule has 2 N–H and O–H groups in total. The Morgan fingerprint density at radius 3 is 2.54 bits per heavy atom. The van der Waals surface area contributed by atoms with E-state index in [1.807, 2.05) is 6.92 Å². The molecule has 0 spiro atoms. The standard InChI is InChI=1S/C19H16ClFN4O/c1-11-9-13(20)7-8-15(11)23-18(26)17-10-12(2)22-19(25-17)24-16-6-4-3-5-14(16)21/h3-10H,1-2H3,(H,23,26)(H,22,24,25). The van der Waals surface area contributed by atoms with Crippen LogP contribution in [0.4, 0.5) is 21.7 Å². The largest absolute Gasteiger partial charge is 0.322 e. The minimum atomic E-state index is -0.430. The van der Waals surface area contributed by atoms with Crippen LogP contribution in [0.15, 0.2) is 48.5 Å². The van der Waals surface area contributed by atoms with Crippen LogP contribution in [0.2, 0.25) is 5.02 Å². The van der Waals surface area contributed by atoms with Crippen LogP contribution in [0.3, 0.4) is 0 Å². The van der Waals surface area contributed by atoms with Crippen molar-refractivity contribution in [1.82, 2.24) is 9.97 Å². The van der Waals surface area contributed by atoms with Gasteiger partial charge in [-0.2, -0.15) is 0 Å². The average molecular weight is 371 g/mol. The molecule has 0 aliphatic carbocycles. The van der Waals surface area contributed by atoms with E-state index >= 15 is 0 Å². The fourth-order valence-electron chi connectivity index (χ4n) is 2.38. The Morgan fingerprint density at radius 2 is 1.81 bits per heavy atom. The third-order valence-electron chi connectivity index (χ3n) is 3.64. The van der Waals surface area contributed by atoms with Crippen molar-refractivity contribution in [1.29, 1.82) is 0 Å². The summed E-state index contributed by atoms with van der Waals surface area (Å²) in [5.74, 6) is -0.675. The molecule has 3 aromatic rings. The number of carbonyl (C=O) groups excluding carboxylic acids is 1. The van der Waals surface area contributed by atoms with Crippen molar-refractivity contribution in [2.45, 2.75) is 13.8 Å². The van der Waals surface area contributed by atoms with Crippen LogP contribution in [0.25, 0.3) is 0 Å². The van der Waals surface area contributed by atoms with Crippen molar-refractivity contribution in [3.05, 3.63) is 76.3 Å². The molecule has 0 saturated carbocycles. The van der Waals surface area contributed by atoms with Crippen molar-refractivity contribution in [2.24, 2.45) is 0 Å². The first kappa shape index (κ1) is 17.8. The second-order valence-corrected chi connectivity index (χ2v) is 6.17. The molecule has 26 heavy (non-hydrogen) atoms. The Morgan fingerprint density at radius 1 is 1.04 bits per heavy atom. The normalized spacial score (nSPS) is 10.5. The molecule has 2 aromatic carbocycles. The van der Waals surface area contributed by atoms with Gasteiger partial charge in [0.15, 0.2) is 0 Å². The van der Waals surface area contributed by atoms with E-state index in [-0.39, 0.29) is 17.3 Å². The highest BCUT2D eigenvalue weighted by atomic mass is 35.5. The van der Waals surface area contributed by atoms with Crippen molar-refractivity contribution in [2.75, 3.05) is 10.6 Å². The number of carbonyl (C=O) groups is 1. The third kappa shape index (κ3) is 4.15. The molecular weight excluding hydrogens is 355 g/mol. The van der Waals surface area contributed by atoms with Gasteiger partial charge in [-0.1, -0.05) is 23.7 Å². The zero-order chi connectivity index (χ0) is 18.7. The maximum atomic E-state index is 13.8. The summed E-state index contributed by atoms with van der Waals surface area (Å²) in [6.07, 6.45) is 0. The first-order chi connectivity index (χ1) is 12.4. The zero-order valence-electron chi connectivity index (χ0n) is 14.2. The quantitative estimate of drug-likeness (QED) is 0.686. The van der Waals surface area contributed by atoms with Gasteiger partial charge >= 0.3 is 0 Å². The summed E-state index contributed by atoms with van der Waals surface area (Å²) in [7, 11) is 0. The molecule has 0 unspecified atom stereocenters. The molecule has 1 aromatic heterocycles. The van der Waals surface area contributed by atoms with E-state index in [0.717, 1.165) is 5.56 Å². The van der Waals surface area contributed by atoms with E-state index in [1.165, 1.54) is 6.07 Å². The summed E-state index contributed by atoms with van der Waals surface area (Å²) < 4.78 is 13.8. The van der Waals surface area contributed by atoms with Gasteiger partial charge in [0.2, 0.25) is 5.95 Å². The molecule has 0 radical (unpaired) electrons. The van der Waals surface area contributed by atoms with E-state index in [1.54, 1.807) is 49.4 Å². The van der Waals surface area contributed by atoms with Gasteiger partial charge in [-0.05, 0) is 55.8 Å². The number of hydrogen-bond acceptors (Lipinski definition) is 4. The summed E-state index contributed by atoms with van der Waals surface area (Å²) in [6.45, 7) is 3.58. The molecule has 0 bridgehead atoms. The SMILES string of the molecule is Cc1cc(C(=O)Nc2ccc(Cl)cc2C)nc(Nc2ccccc2F)n1. The molecule has 0 aliphatic heterocycles. The van der Waals surface area contributed by atoms with Crippen LogP contribution >= 0.6 is 11.6 Å². The summed E-state index contributed by atoms with van der Waals surface area (Å²) in [5.41, 5.74) is 2.46. The molecule has 0 aliphatic rings. The number of nitrogens with zero attached hydrogens (tertiary/aromatic N) is 2. The lowest BCUT2D eigenvalue weighted by Gasteiger charge is -2.11. The molecule has 1 heterocycles. The summed E-state index contributed by atoms with van der Waals surface area (Å²) in [6, 6.07) is 12.9. The maximum Gasteiger partial charge on any atom is 0.274 e. The van der Waals surface area contributed by atoms with Gasteiger partial charge in [-0.25, -0.2) is 14.4 Å². The van der Waals surface area contributed by atoms with Gasteiger partial charge in [-0.15, -0.1) is 0 Å². The number of amides is 1. The molecule has 3 rings (SSSR count).